The summed E-state index contributed by atoms with van der Waals surface area (Å²) in [5.74, 6) is 0.219. The van der Waals surface area contributed by atoms with Crippen molar-refractivity contribution in [2.45, 2.75) is 24.9 Å². The maximum atomic E-state index is 12.7. The normalized spacial score (nSPS) is 18.2. The van der Waals surface area contributed by atoms with Gasteiger partial charge in [0.1, 0.15) is 0 Å². The number of hydrogen-bond donors (Lipinski definition) is 0. The fourth-order valence-electron chi connectivity index (χ4n) is 3.17. The molecule has 0 bridgehead atoms. The molecule has 0 radical (unpaired) electrons. The Morgan fingerprint density at radius 2 is 1.67 bits per heavy atom. The fraction of sp³-hybridized carbons (Fsp3) is 0.316. The van der Waals surface area contributed by atoms with E-state index in [1.54, 1.807) is 24.3 Å². The van der Waals surface area contributed by atoms with E-state index in [2.05, 4.69) is 11.0 Å². The molecule has 2 aromatic carbocycles. The van der Waals surface area contributed by atoms with E-state index in [1.807, 2.05) is 12.1 Å². The van der Waals surface area contributed by atoms with Crippen LogP contribution < -0.4 is 4.90 Å². The Bertz CT molecular complexity index is 727. The highest BCUT2D eigenvalue weighted by atomic mass is 19.4. The van der Waals surface area contributed by atoms with Crippen LogP contribution in [0.5, 0.6) is 0 Å². The molecule has 0 N–H and O–H groups in total. The molecule has 5 heteroatoms. The lowest BCUT2D eigenvalue weighted by Crippen LogP contribution is -2.34. The molecule has 1 atom stereocenters. The van der Waals surface area contributed by atoms with Crippen LogP contribution in [0.3, 0.4) is 0 Å². The molecule has 0 spiro atoms. The highest BCUT2D eigenvalue weighted by Gasteiger charge is 2.30. The Kier molecular flexibility index (Phi) is 4.48. The van der Waals surface area contributed by atoms with Crippen molar-refractivity contribution in [3.8, 4) is 6.07 Å². The second-order valence-corrected chi connectivity index (χ2v) is 6.06. The van der Waals surface area contributed by atoms with Gasteiger partial charge in [-0.05, 0) is 54.8 Å². The first-order chi connectivity index (χ1) is 11.5. The summed E-state index contributed by atoms with van der Waals surface area (Å²) in [7, 11) is 0. The van der Waals surface area contributed by atoms with E-state index in [0.717, 1.165) is 49.3 Å². The molecule has 0 amide bonds. The summed E-state index contributed by atoms with van der Waals surface area (Å²) >= 11 is 0. The van der Waals surface area contributed by atoms with Gasteiger partial charge in [0.15, 0.2) is 0 Å². The zero-order valence-corrected chi connectivity index (χ0v) is 13.1. The molecule has 2 aromatic rings. The molecule has 0 saturated carbocycles. The van der Waals surface area contributed by atoms with Gasteiger partial charge in [-0.2, -0.15) is 18.4 Å². The second-order valence-electron chi connectivity index (χ2n) is 6.06. The van der Waals surface area contributed by atoms with Crippen molar-refractivity contribution in [1.29, 1.82) is 5.26 Å². The van der Waals surface area contributed by atoms with Crippen molar-refractivity contribution in [2.75, 3.05) is 18.0 Å². The predicted molar refractivity (Wildman–Crippen MR) is 86.8 cm³/mol. The number of benzene rings is 2. The summed E-state index contributed by atoms with van der Waals surface area (Å²) < 4.78 is 38.0. The number of nitriles is 1. The van der Waals surface area contributed by atoms with E-state index in [0.29, 0.717) is 5.56 Å². The Balaban J connectivity index is 1.74. The maximum Gasteiger partial charge on any atom is 0.416 e. The van der Waals surface area contributed by atoms with Crippen molar-refractivity contribution in [1.82, 2.24) is 0 Å². The summed E-state index contributed by atoms with van der Waals surface area (Å²) in [5, 5.41) is 8.87. The van der Waals surface area contributed by atoms with Crippen LogP contribution in [0.2, 0.25) is 0 Å². The quantitative estimate of drug-likeness (QED) is 0.778. The van der Waals surface area contributed by atoms with Gasteiger partial charge in [-0.1, -0.05) is 12.1 Å². The number of piperidine rings is 1. The smallest absolute Gasteiger partial charge is 0.371 e. The van der Waals surface area contributed by atoms with Crippen molar-refractivity contribution < 1.29 is 13.2 Å². The number of halogens is 3. The summed E-state index contributed by atoms with van der Waals surface area (Å²) in [6.07, 6.45) is -2.33. The molecule has 1 fully saturated rings. The van der Waals surface area contributed by atoms with Crippen LogP contribution in [-0.2, 0) is 6.18 Å². The largest absolute Gasteiger partial charge is 0.416 e. The van der Waals surface area contributed by atoms with Gasteiger partial charge in [0.25, 0.3) is 0 Å². The maximum absolute atomic E-state index is 12.7. The van der Waals surface area contributed by atoms with Gasteiger partial charge in [0, 0.05) is 24.7 Å². The molecule has 0 aliphatic carbocycles. The highest BCUT2D eigenvalue weighted by Crippen LogP contribution is 2.33. The molecule has 1 unspecified atom stereocenters. The molecule has 2 nitrogen and oxygen atoms in total. The average Bonchev–Trinajstić information content (AvgIpc) is 2.61. The van der Waals surface area contributed by atoms with E-state index in [1.165, 1.54) is 0 Å². The topological polar surface area (TPSA) is 27.0 Å². The second kappa shape index (κ2) is 6.56. The summed E-state index contributed by atoms with van der Waals surface area (Å²) in [4.78, 5) is 2.23. The number of nitrogens with zero attached hydrogens (tertiary/aromatic N) is 2. The molecule has 1 aliphatic rings. The third-order valence-electron chi connectivity index (χ3n) is 4.49. The molecule has 1 heterocycles. The molecule has 0 aromatic heterocycles. The van der Waals surface area contributed by atoms with Crippen LogP contribution >= 0.6 is 0 Å². The monoisotopic (exact) mass is 330 g/mol. The highest BCUT2D eigenvalue weighted by molar-refractivity contribution is 5.50. The van der Waals surface area contributed by atoms with Crippen LogP contribution in [0.15, 0.2) is 48.5 Å². The Morgan fingerprint density at radius 1 is 1.00 bits per heavy atom. The SMILES string of the molecule is N#Cc1ccc(N2CCCC(c3ccc(C(F)(F)F)cc3)C2)cc1. The van der Waals surface area contributed by atoms with Crippen molar-refractivity contribution in [3.05, 3.63) is 65.2 Å². The van der Waals surface area contributed by atoms with Gasteiger partial charge >= 0.3 is 6.18 Å². The number of anilines is 1. The van der Waals surface area contributed by atoms with E-state index in [-0.39, 0.29) is 5.92 Å². The molecule has 3 rings (SSSR count). The molecular weight excluding hydrogens is 313 g/mol. The van der Waals surface area contributed by atoms with Crippen LogP contribution in [-0.4, -0.2) is 13.1 Å². The molecule has 1 aliphatic heterocycles. The van der Waals surface area contributed by atoms with Crippen molar-refractivity contribution in [2.24, 2.45) is 0 Å². The van der Waals surface area contributed by atoms with Crippen molar-refractivity contribution in [3.63, 3.8) is 0 Å². The van der Waals surface area contributed by atoms with Crippen molar-refractivity contribution >= 4 is 5.69 Å². The van der Waals surface area contributed by atoms with Gasteiger partial charge in [0.2, 0.25) is 0 Å². The lowest BCUT2D eigenvalue weighted by atomic mass is 9.90. The van der Waals surface area contributed by atoms with Gasteiger partial charge in [-0.3, -0.25) is 0 Å². The van der Waals surface area contributed by atoms with Crippen LogP contribution in [0, 0.1) is 11.3 Å². The standard InChI is InChI=1S/C19H17F3N2/c20-19(21,22)17-7-5-15(6-8-17)16-2-1-11-24(13-16)18-9-3-14(12-23)4-10-18/h3-10,16H,1-2,11,13H2. The minimum atomic E-state index is -4.29. The third kappa shape index (κ3) is 3.53. The van der Waals surface area contributed by atoms with Crippen LogP contribution in [0.25, 0.3) is 0 Å². The van der Waals surface area contributed by atoms with Gasteiger partial charge < -0.3 is 4.90 Å². The van der Waals surface area contributed by atoms with Gasteiger partial charge in [-0.15, -0.1) is 0 Å². The van der Waals surface area contributed by atoms with E-state index in [9.17, 15) is 13.2 Å². The lowest BCUT2D eigenvalue weighted by Gasteiger charge is -2.34. The summed E-state index contributed by atoms with van der Waals surface area (Å²) in [6.45, 7) is 1.69. The third-order valence-corrected chi connectivity index (χ3v) is 4.49. The Morgan fingerprint density at radius 3 is 2.25 bits per heavy atom. The summed E-state index contributed by atoms with van der Waals surface area (Å²) in [5.41, 5.74) is 2.01. The Hall–Kier alpha value is -2.48. The van der Waals surface area contributed by atoms with Gasteiger partial charge in [-0.25, -0.2) is 0 Å². The number of rotatable bonds is 2. The zero-order chi connectivity index (χ0) is 17.2. The molecule has 124 valence electrons. The number of alkyl halides is 3. The van der Waals surface area contributed by atoms with E-state index >= 15 is 0 Å². The van der Waals surface area contributed by atoms with E-state index < -0.39 is 11.7 Å². The number of hydrogen-bond acceptors (Lipinski definition) is 2. The minimum Gasteiger partial charge on any atom is -0.371 e. The summed E-state index contributed by atoms with van der Waals surface area (Å²) in [6, 6.07) is 15.0. The average molecular weight is 330 g/mol. The van der Waals surface area contributed by atoms with Crippen LogP contribution in [0.1, 0.15) is 35.4 Å². The molecule has 1 saturated heterocycles. The first kappa shape index (κ1) is 16.4. The first-order valence-corrected chi connectivity index (χ1v) is 7.89. The van der Waals surface area contributed by atoms with Gasteiger partial charge in [0.05, 0.1) is 17.2 Å². The minimum absolute atomic E-state index is 0.219. The van der Waals surface area contributed by atoms with E-state index in [4.69, 9.17) is 5.26 Å². The molecular formula is C19H17F3N2. The fourth-order valence-corrected chi connectivity index (χ4v) is 3.17. The first-order valence-electron chi connectivity index (χ1n) is 7.89. The predicted octanol–water partition coefficient (Wildman–Crippen LogP) is 4.96. The lowest BCUT2D eigenvalue weighted by molar-refractivity contribution is -0.137. The molecule has 24 heavy (non-hydrogen) atoms. The zero-order valence-electron chi connectivity index (χ0n) is 13.1. The Labute approximate surface area is 139 Å². The van der Waals surface area contributed by atoms with Crippen LogP contribution in [0.4, 0.5) is 18.9 Å².